The molecule has 1 amide bonds. The fraction of sp³-hybridized carbons (Fsp3) is 0.467. The van der Waals surface area contributed by atoms with Crippen LogP contribution in [0.2, 0.25) is 0 Å². The van der Waals surface area contributed by atoms with Gasteiger partial charge in [-0.25, -0.2) is 0 Å². The highest BCUT2D eigenvalue weighted by molar-refractivity contribution is 7.80. The summed E-state index contributed by atoms with van der Waals surface area (Å²) in [4.78, 5) is 14.4. The summed E-state index contributed by atoms with van der Waals surface area (Å²) in [6.07, 6.45) is 1.79. The normalized spacial score (nSPS) is 10.2. The van der Waals surface area contributed by atoms with E-state index in [0.717, 1.165) is 6.42 Å². The van der Waals surface area contributed by atoms with Gasteiger partial charge in [0.15, 0.2) is 0 Å². The lowest BCUT2D eigenvalue weighted by Crippen LogP contribution is -2.36. The Morgan fingerprint density at radius 1 is 1.25 bits per heavy atom. The first-order valence-electron chi connectivity index (χ1n) is 6.72. The van der Waals surface area contributed by atoms with Crippen LogP contribution >= 0.6 is 12.2 Å². The van der Waals surface area contributed by atoms with E-state index in [-0.39, 0.29) is 5.91 Å². The van der Waals surface area contributed by atoms with Crippen molar-refractivity contribution in [1.29, 1.82) is 0 Å². The van der Waals surface area contributed by atoms with Crippen LogP contribution < -0.4 is 5.73 Å². The van der Waals surface area contributed by atoms with Gasteiger partial charge in [-0.3, -0.25) is 4.79 Å². The maximum atomic E-state index is 12.2. The van der Waals surface area contributed by atoms with Crippen LogP contribution in [-0.2, 0) is 16.0 Å². The number of ether oxygens (including phenoxy) is 1. The van der Waals surface area contributed by atoms with Crippen molar-refractivity contribution in [1.82, 2.24) is 4.90 Å². The van der Waals surface area contributed by atoms with Crippen LogP contribution in [0.3, 0.4) is 0 Å². The van der Waals surface area contributed by atoms with Crippen LogP contribution in [-0.4, -0.2) is 42.6 Å². The van der Waals surface area contributed by atoms with E-state index < -0.39 is 0 Å². The van der Waals surface area contributed by atoms with Gasteiger partial charge in [-0.15, -0.1) is 0 Å². The van der Waals surface area contributed by atoms with Gasteiger partial charge in [-0.05, 0) is 12.0 Å². The first-order chi connectivity index (χ1) is 9.63. The van der Waals surface area contributed by atoms with Gasteiger partial charge < -0.3 is 15.4 Å². The van der Waals surface area contributed by atoms with Crippen molar-refractivity contribution < 1.29 is 9.53 Å². The summed E-state index contributed by atoms with van der Waals surface area (Å²) in [6, 6.07) is 9.99. The van der Waals surface area contributed by atoms with Gasteiger partial charge in [0.25, 0.3) is 0 Å². The highest BCUT2D eigenvalue weighted by atomic mass is 32.1. The summed E-state index contributed by atoms with van der Waals surface area (Å²) in [6.45, 7) is 1.66. The highest BCUT2D eigenvalue weighted by Crippen LogP contribution is 2.05. The summed E-state index contributed by atoms with van der Waals surface area (Å²) < 4.78 is 5.03. The molecule has 0 aliphatic carbocycles. The van der Waals surface area contributed by atoms with E-state index in [2.05, 4.69) is 0 Å². The van der Waals surface area contributed by atoms with Crippen LogP contribution in [0.1, 0.15) is 18.4 Å². The molecule has 0 unspecified atom stereocenters. The van der Waals surface area contributed by atoms with Crippen molar-refractivity contribution in [2.45, 2.75) is 19.3 Å². The smallest absolute Gasteiger partial charge is 0.222 e. The van der Waals surface area contributed by atoms with Crippen molar-refractivity contribution in [3.8, 4) is 0 Å². The minimum atomic E-state index is 0.113. The lowest BCUT2D eigenvalue weighted by molar-refractivity contribution is -0.131. The lowest BCUT2D eigenvalue weighted by Gasteiger charge is -2.22. The van der Waals surface area contributed by atoms with E-state index in [0.29, 0.717) is 37.5 Å². The Bertz CT molecular complexity index is 423. The predicted molar refractivity (Wildman–Crippen MR) is 84.6 cm³/mol. The first kappa shape index (κ1) is 16.6. The fourth-order valence-electron chi connectivity index (χ4n) is 1.86. The van der Waals surface area contributed by atoms with E-state index in [4.69, 9.17) is 22.7 Å². The van der Waals surface area contributed by atoms with Crippen LogP contribution in [0.5, 0.6) is 0 Å². The molecule has 1 aromatic rings. The average Bonchev–Trinajstić information content (AvgIpc) is 2.45. The Kier molecular flexibility index (Phi) is 7.84. The van der Waals surface area contributed by atoms with Crippen molar-refractivity contribution in [2.75, 3.05) is 26.8 Å². The molecule has 1 aromatic carbocycles. The Morgan fingerprint density at radius 3 is 2.55 bits per heavy atom. The number of methoxy groups -OCH3 is 1. The molecule has 0 heterocycles. The molecule has 0 aliphatic heterocycles. The Morgan fingerprint density at radius 2 is 1.95 bits per heavy atom. The number of nitrogens with two attached hydrogens (primary N) is 1. The second-order valence-electron chi connectivity index (χ2n) is 4.58. The number of amides is 1. The number of rotatable bonds is 9. The molecule has 4 nitrogen and oxygen atoms in total. The molecule has 20 heavy (non-hydrogen) atoms. The van der Waals surface area contributed by atoms with E-state index in [9.17, 15) is 4.79 Å². The summed E-state index contributed by atoms with van der Waals surface area (Å²) in [7, 11) is 1.63. The predicted octanol–water partition coefficient (Wildman–Crippen LogP) is 1.77. The van der Waals surface area contributed by atoms with Gasteiger partial charge in [-0.2, -0.15) is 0 Å². The maximum absolute atomic E-state index is 12.2. The van der Waals surface area contributed by atoms with E-state index in [1.54, 1.807) is 12.0 Å². The third-order valence-electron chi connectivity index (χ3n) is 3.02. The third kappa shape index (κ3) is 6.63. The van der Waals surface area contributed by atoms with Gasteiger partial charge in [0.1, 0.15) is 0 Å². The van der Waals surface area contributed by atoms with Gasteiger partial charge in [-0.1, -0.05) is 42.5 Å². The Labute approximate surface area is 125 Å². The zero-order valence-corrected chi connectivity index (χ0v) is 12.7. The molecule has 0 saturated heterocycles. The maximum Gasteiger partial charge on any atom is 0.222 e. The van der Waals surface area contributed by atoms with Crippen LogP contribution in [0.4, 0.5) is 0 Å². The molecule has 0 spiro atoms. The summed E-state index contributed by atoms with van der Waals surface area (Å²) in [5.74, 6) is 0.113. The van der Waals surface area contributed by atoms with E-state index in [1.807, 2.05) is 30.3 Å². The second-order valence-corrected chi connectivity index (χ2v) is 5.10. The fourth-order valence-corrected chi connectivity index (χ4v) is 1.95. The molecule has 5 heteroatoms. The quantitative estimate of drug-likeness (QED) is 0.705. The molecule has 2 N–H and O–H groups in total. The molecular formula is C15H22N2O2S. The molecule has 110 valence electrons. The number of thiocarbonyl (C=S) groups is 1. The first-order valence-corrected chi connectivity index (χ1v) is 7.13. The molecule has 0 aromatic heterocycles. The number of aryl methyl sites for hydroxylation is 1. The van der Waals surface area contributed by atoms with E-state index in [1.165, 1.54) is 5.56 Å². The second kappa shape index (κ2) is 9.44. The van der Waals surface area contributed by atoms with Crippen LogP contribution in [0.15, 0.2) is 30.3 Å². The largest absolute Gasteiger partial charge is 0.393 e. The van der Waals surface area contributed by atoms with Gasteiger partial charge in [0.2, 0.25) is 5.91 Å². The molecule has 1 rings (SSSR count). The lowest BCUT2D eigenvalue weighted by atomic mass is 10.1. The number of carbonyl (C=O) groups excluding carboxylic acids is 1. The third-order valence-corrected chi connectivity index (χ3v) is 3.22. The number of carbonyl (C=O) groups is 1. The molecule has 0 saturated carbocycles. The number of hydrogen-bond acceptors (Lipinski definition) is 3. The van der Waals surface area contributed by atoms with Crippen molar-refractivity contribution in [2.24, 2.45) is 5.73 Å². The van der Waals surface area contributed by atoms with Crippen LogP contribution in [0.25, 0.3) is 0 Å². The average molecular weight is 294 g/mol. The molecule has 0 atom stereocenters. The topological polar surface area (TPSA) is 55.6 Å². The number of benzene rings is 1. The SMILES string of the molecule is COCCN(CCC(N)=S)C(=O)CCc1ccccc1. The van der Waals surface area contributed by atoms with E-state index >= 15 is 0 Å². The minimum Gasteiger partial charge on any atom is -0.393 e. The summed E-state index contributed by atoms with van der Waals surface area (Å²) >= 11 is 4.86. The van der Waals surface area contributed by atoms with Crippen molar-refractivity contribution in [3.05, 3.63) is 35.9 Å². The van der Waals surface area contributed by atoms with Gasteiger partial charge in [0.05, 0.1) is 11.6 Å². The van der Waals surface area contributed by atoms with Gasteiger partial charge >= 0.3 is 0 Å². The monoisotopic (exact) mass is 294 g/mol. The molecular weight excluding hydrogens is 272 g/mol. The minimum absolute atomic E-state index is 0.113. The summed E-state index contributed by atoms with van der Waals surface area (Å²) in [5, 5.41) is 0. The zero-order chi connectivity index (χ0) is 14.8. The number of hydrogen-bond donors (Lipinski definition) is 1. The highest BCUT2D eigenvalue weighted by Gasteiger charge is 2.13. The van der Waals surface area contributed by atoms with Crippen molar-refractivity contribution in [3.63, 3.8) is 0 Å². The van der Waals surface area contributed by atoms with Gasteiger partial charge in [0, 0.05) is 33.0 Å². The standard InChI is InChI=1S/C15H22N2O2S/c1-19-12-11-17(10-9-14(16)20)15(18)8-7-13-5-3-2-4-6-13/h2-6H,7-12H2,1H3,(H2,16,20). The zero-order valence-electron chi connectivity index (χ0n) is 11.9. The molecule has 0 radical (unpaired) electrons. The molecule has 0 bridgehead atoms. The molecule has 0 fully saturated rings. The van der Waals surface area contributed by atoms with Crippen LogP contribution in [0, 0.1) is 0 Å². The molecule has 0 aliphatic rings. The Hall–Kier alpha value is -1.46. The van der Waals surface area contributed by atoms with Crippen molar-refractivity contribution >= 4 is 23.1 Å². The Balaban J connectivity index is 2.46. The summed E-state index contributed by atoms with van der Waals surface area (Å²) in [5.41, 5.74) is 6.67. The number of nitrogens with zero attached hydrogens (tertiary/aromatic N) is 1.